The zero-order valence-electron chi connectivity index (χ0n) is 8.49. The van der Waals surface area contributed by atoms with E-state index in [-0.39, 0.29) is 11.9 Å². The molecule has 1 aromatic rings. The van der Waals surface area contributed by atoms with E-state index in [1.165, 1.54) is 0 Å². The van der Waals surface area contributed by atoms with Gasteiger partial charge in [0, 0.05) is 31.2 Å². The number of nitrogens with one attached hydrogen (secondary N) is 2. The second kappa shape index (κ2) is 4.42. The third kappa shape index (κ3) is 2.34. The maximum Gasteiger partial charge on any atom is 0.248 e. The lowest BCUT2D eigenvalue weighted by molar-refractivity contribution is 0.1000. The second-order valence-electron chi connectivity index (χ2n) is 3.70. The van der Waals surface area contributed by atoms with Crippen LogP contribution < -0.4 is 16.4 Å². The van der Waals surface area contributed by atoms with Crippen molar-refractivity contribution in [2.75, 3.05) is 19.6 Å². The first kappa shape index (κ1) is 10.1. The molecule has 0 unspecified atom stereocenters. The molecule has 4 nitrogen and oxygen atoms in total. The molecule has 1 heterocycles. The number of carbonyl (C=O) groups is 1. The average Bonchev–Trinajstić information content (AvgIpc) is 2.30. The minimum Gasteiger partial charge on any atom is -0.366 e. The Bertz CT molecular complexity index is 359. The summed E-state index contributed by atoms with van der Waals surface area (Å²) in [7, 11) is 0. The van der Waals surface area contributed by atoms with Gasteiger partial charge in [0.25, 0.3) is 0 Å². The Morgan fingerprint density at radius 3 is 2.93 bits per heavy atom. The van der Waals surface area contributed by atoms with Crippen molar-refractivity contribution in [2.24, 2.45) is 5.73 Å². The van der Waals surface area contributed by atoms with Gasteiger partial charge < -0.3 is 16.4 Å². The first-order chi connectivity index (χ1) is 7.27. The predicted molar refractivity (Wildman–Crippen MR) is 58.6 cm³/mol. The van der Waals surface area contributed by atoms with Crippen LogP contribution in [0.3, 0.4) is 0 Å². The Morgan fingerprint density at radius 1 is 1.40 bits per heavy atom. The van der Waals surface area contributed by atoms with Crippen LogP contribution in [0.4, 0.5) is 0 Å². The quantitative estimate of drug-likeness (QED) is 0.637. The summed E-state index contributed by atoms with van der Waals surface area (Å²) in [6.45, 7) is 2.83. The molecule has 0 radical (unpaired) electrons. The number of rotatable bonds is 2. The number of benzene rings is 1. The van der Waals surface area contributed by atoms with E-state index < -0.39 is 0 Å². The van der Waals surface area contributed by atoms with E-state index in [1.807, 2.05) is 18.2 Å². The molecule has 4 N–H and O–H groups in total. The van der Waals surface area contributed by atoms with Crippen LogP contribution in [0.15, 0.2) is 24.3 Å². The third-order valence-electron chi connectivity index (χ3n) is 2.61. The Balaban J connectivity index is 2.19. The number of piperazine rings is 1. The minimum atomic E-state index is -0.374. The molecule has 80 valence electrons. The minimum absolute atomic E-state index is 0.276. The fourth-order valence-electron chi connectivity index (χ4n) is 1.80. The van der Waals surface area contributed by atoms with Crippen LogP contribution in [0.1, 0.15) is 22.0 Å². The van der Waals surface area contributed by atoms with Gasteiger partial charge in [-0.05, 0) is 17.7 Å². The van der Waals surface area contributed by atoms with Gasteiger partial charge in [-0.25, -0.2) is 0 Å². The summed E-state index contributed by atoms with van der Waals surface area (Å²) in [6, 6.07) is 7.75. The van der Waals surface area contributed by atoms with Crippen molar-refractivity contribution in [1.29, 1.82) is 0 Å². The molecular weight excluding hydrogens is 190 g/mol. The number of primary amides is 1. The lowest BCUT2D eigenvalue weighted by atomic mass is 10.0. The van der Waals surface area contributed by atoms with E-state index in [0.29, 0.717) is 5.56 Å². The molecule has 2 rings (SSSR count). The fourth-order valence-corrected chi connectivity index (χ4v) is 1.80. The highest BCUT2D eigenvalue weighted by Crippen LogP contribution is 2.15. The van der Waals surface area contributed by atoms with Gasteiger partial charge in [-0.3, -0.25) is 4.79 Å². The monoisotopic (exact) mass is 205 g/mol. The van der Waals surface area contributed by atoms with Crippen LogP contribution in [-0.4, -0.2) is 25.5 Å². The van der Waals surface area contributed by atoms with Gasteiger partial charge >= 0.3 is 0 Å². The Kier molecular flexibility index (Phi) is 2.99. The van der Waals surface area contributed by atoms with Crippen LogP contribution in [0, 0.1) is 0 Å². The highest BCUT2D eigenvalue weighted by Gasteiger charge is 2.14. The molecule has 0 saturated carbocycles. The number of carbonyl (C=O) groups excluding carboxylic acids is 1. The van der Waals surface area contributed by atoms with Crippen molar-refractivity contribution in [3.63, 3.8) is 0 Å². The van der Waals surface area contributed by atoms with E-state index in [9.17, 15) is 4.79 Å². The summed E-state index contributed by atoms with van der Waals surface area (Å²) >= 11 is 0. The van der Waals surface area contributed by atoms with E-state index in [2.05, 4.69) is 10.6 Å². The maximum atomic E-state index is 11.0. The second-order valence-corrected chi connectivity index (χ2v) is 3.70. The maximum absolute atomic E-state index is 11.0. The van der Waals surface area contributed by atoms with Crippen LogP contribution in [0.2, 0.25) is 0 Å². The van der Waals surface area contributed by atoms with Gasteiger partial charge in [-0.15, -0.1) is 0 Å². The van der Waals surface area contributed by atoms with Crippen molar-refractivity contribution in [3.05, 3.63) is 35.4 Å². The molecule has 0 aliphatic carbocycles. The predicted octanol–water partition coefficient (Wildman–Crippen LogP) is 0.0194. The van der Waals surface area contributed by atoms with Crippen LogP contribution in [0.5, 0.6) is 0 Å². The number of hydrogen-bond acceptors (Lipinski definition) is 3. The SMILES string of the molecule is NC(=O)c1cccc([C@@H]2CNCCN2)c1. The third-order valence-corrected chi connectivity index (χ3v) is 2.61. The van der Waals surface area contributed by atoms with Gasteiger partial charge in [-0.1, -0.05) is 12.1 Å². The van der Waals surface area contributed by atoms with Crippen molar-refractivity contribution in [3.8, 4) is 0 Å². The van der Waals surface area contributed by atoms with Crippen molar-refractivity contribution < 1.29 is 4.79 Å². The van der Waals surface area contributed by atoms with Gasteiger partial charge in [0.1, 0.15) is 0 Å². The molecule has 0 aromatic heterocycles. The Hall–Kier alpha value is -1.39. The Labute approximate surface area is 88.9 Å². The summed E-state index contributed by atoms with van der Waals surface area (Å²) in [5, 5.41) is 6.69. The average molecular weight is 205 g/mol. The number of nitrogens with two attached hydrogens (primary N) is 1. The first-order valence-corrected chi connectivity index (χ1v) is 5.11. The molecule has 1 atom stereocenters. The van der Waals surface area contributed by atoms with E-state index in [4.69, 9.17) is 5.73 Å². The molecule has 4 heteroatoms. The van der Waals surface area contributed by atoms with Crippen molar-refractivity contribution in [2.45, 2.75) is 6.04 Å². The largest absolute Gasteiger partial charge is 0.366 e. The zero-order valence-corrected chi connectivity index (χ0v) is 8.49. The van der Waals surface area contributed by atoms with Crippen LogP contribution >= 0.6 is 0 Å². The molecule has 1 fully saturated rings. The zero-order chi connectivity index (χ0) is 10.7. The molecule has 1 aromatic carbocycles. The molecule has 1 saturated heterocycles. The van der Waals surface area contributed by atoms with Gasteiger partial charge in [0.15, 0.2) is 0 Å². The lowest BCUT2D eigenvalue weighted by Crippen LogP contribution is -2.42. The smallest absolute Gasteiger partial charge is 0.248 e. The Morgan fingerprint density at radius 2 is 2.27 bits per heavy atom. The van der Waals surface area contributed by atoms with Gasteiger partial charge in [0.05, 0.1) is 0 Å². The molecule has 0 spiro atoms. The van der Waals surface area contributed by atoms with Gasteiger partial charge in [-0.2, -0.15) is 0 Å². The van der Waals surface area contributed by atoms with E-state index >= 15 is 0 Å². The first-order valence-electron chi connectivity index (χ1n) is 5.11. The summed E-state index contributed by atoms with van der Waals surface area (Å²) in [5.74, 6) is -0.374. The summed E-state index contributed by atoms with van der Waals surface area (Å²) in [6.07, 6.45) is 0. The normalized spacial score (nSPS) is 21.2. The summed E-state index contributed by atoms with van der Waals surface area (Å²) in [5.41, 5.74) is 6.92. The molecular formula is C11H15N3O. The van der Waals surface area contributed by atoms with Crippen LogP contribution in [-0.2, 0) is 0 Å². The molecule has 1 aliphatic heterocycles. The highest BCUT2D eigenvalue weighted by atomic mass is 16.1. The topological polar surface area (TPSA) is 67.2 Å². The summed E-state index contributed by atoms with van der Waals surface area (Å²) < 4.78 is 0. The molecule has 0 bridgehead atoms. The van der Waals surface area contributed by atoms with Crippen molar-refractivity contribution in [1.82, 2.24) is 10.6 Å². The van der Waals surface area contributed by atoms with Crippen molar-refractivity contribution >= 4 is 5.91 Å². The fraction of sp³-hybridized carbons (Fsp3) is 0.364. The van der Waals surface area contributed by atoms with E-state index in [0.717, 1.165) is 25.2 Å². The lowest BCUT2D eigenvalue weighted by Gasteiger charge is -2.25. The van der Waals surface area contributed by atoms with Gasteiger partial charge in [0.2, 0.25) is 5.91 Å². The standard InChI is InChI=1S/C11H15N3O/c12-11(15)9-3-1-2-8(6-9)10-7-13-4-5-14-10/h1-3,6,10,13-14H,4-5,7H2,(H2,12,15)/t10-/m0/s1. The molecule has 1 aliphatic rings. The van der Waals surface area contributed by atoms with E-state index in [1.54, 1.807) is 6.07 Å². The summed E-state index contributed by atoms with van der Waals surface area (Å²) in [4.78, 5) is 11.0. The number of amides is 1. The van der Waals surface area contributed by atoms with Crippen LogP contribution in [0.25, 0.3) is 0 Å². The molecule has 15 heavy (non-hydrogen) atoms. The molecule has 1 amide bonds. The highest BCUT2D eigenvalue weighted by molar-refractivity contribution is 5.92. The number of hydrogen-bond donors (Lipinski definition) is 3.